The van der Waals surface area contributed by atoms with Crippen molar-refractivity contribution in [2.24, 2.45) is 0 Å². The highest BCUT2D eigenvalue weighted by Gasteiger charge is 2.55. The minimum atomic E-state index is -0.0772. The number of hydrogen-bond donors (Lipinski definition) is 0. The highest BCUT2D eigenvalue weighted by molar-refractivity contribution is 7.26. The second-order valence-electron chi connectivity index (χ2n) is 39.9. The Bertz CT molecular complexity index is 8230. The van der Waals surface area contributed by atoms with Gasteiger partial charge in [0.15, 0.2) is 0 Å². The van der Waals surface area contributed by atoms with Crippen LogP contribution in [0, 0.1) is 0 Å². The van der Waals surface area contributed by atoms with Crippen LogP contribution in [0.1, 0.15) is 33.4 Å². The molecule has 18 aromatic rings. The molecule has 15 aliphatic rings. The van der Waals surface area contributed by atoms with Crippen LogP contribution in [0.2, 0.25) is 0 Å². The summed E-state index contributed by atoms with van der Waals surface area (Å²) in [5.41, 5.74) is 22.6. The van der Waals surface area contributed by atoms with Crippen LogP contribution in [-0.2, 0) is 0 Å². The van der Waals surface area contributed by atoms with E-state index in [0.29, 0.717) is 5.71 Å². The van der Waals surface area contributed by atoms with Crippen LogP contribution in [0.25, 0.3) is 163 Å². The van der Waals surface area contributed by atoms with Gasteiger partial charge in [0.2, 0.25) is 5.71 Å². The van der Waals surface area contributed by atoms with Crippen molar-refractivity contribution in [3.8, 4) is 0 Å². The molecule has 33 rings (SSSR count). The Morgan fingerprint density at radius 2 is 0.420 bits per heavy atom. The zero-order valence-electron chi connectivity index (χ0n) is 81.1. The number of pyridine rings is 1. The minimum Gasteiger partial charge on any atom is -0.455 e. The third-order valence-corrected chi connectivity index (χ3v) is 33.2. The number of hydrogen-bond acceptors (Lipinski definition) is 19. The monoisotopic (exact) mass is 1940 g/mol. The van der Waals surface area contributed by atoms with Crippen molar-refractivity contribution >= 4 is 259 Å². The number of allylic oxidation sites excluding steroid dienone is 24. The maximum absolute atomic E-state index is 6.49. The van der Waals surface area contributed by atoms with Gasteiger partial charge in [0.05, 0.1) is 0 Å². The van der Waals surface area contributed by atoms with Crippen LogP contribution < -0.4 is 0 Å². The lowest BCUT2D eigenvalue weighted by atomic mass is 9.41. The van der Waals surface area contributed by atoms with E-state index in [-0.39, 0.29) is 83.8 Å². The van der Waals surface area contributed by atoms with E-state index in [9.17, 15) is 0 Å². The predicted molar refractivity (Wildman–Crippen MR) is 629 cm³/mol. The molecule has 3 saturated heterocycles. The lowest BCUT2D eigenvalue weighted by Crippen LogP contribution is -2.73. The average Bonchev–Trinajstić information content (AvgIpc) is 0.998. The van der Waals surface area contributed by atoms with E-state index < -0.39 is 0 Å². The average molecular weight is 1940 g/mol. The summed E-state index contributed by atoms with van der Waals surface area (Å²) in [4.78, 5) is 4.50. The van der Waals surface area contributed by atoms with Crippen molar-refractivity contribution in [1.29, 1.82) is 0 Å². The van der Waals surface area contributed by atoms with Crippen LogP contribution in [0.4, 0.5) is 0 Å². The quantitative estimate of drug-likeness (QED) is 0.147. The molecule has 0 unspecified atom stereocenters. The summed E-state index contributed by atoms with van der Waals surface area (Å²) in [6, 6.07) is 85.0. The number of benzene rings is 11. The first-order chi connectivity index (χ1) is 74.4. The zero-order chi connectivity index (χ0) is 98.3. The molecule has 3 fully saturated rings. The molecule has 0 saturated carbocycles. The number of nitrogens with zero attached hydrogens (tertiary/aromatic N) is 13. The van der Waals surface area contributed by atoms with Gasteiger partial charge in [0.1, 0.15) is 50.2 Å². The van der Waals surface area contributed by atoms with E-state index in [1.54, 1.807) is 6.20 Å². The van der Waals surface area contributed by atoms with Gasteiger partial charge in [-0.2, -0.15) is 0 Å². The molecular weight excluding hydrogens is 1850 g/mol. The largest absolute Gasteiger partial charge is 0.455 e. The normalized spacial score (nSPS) is 17.8. The SMILES string of the molecule is C1=CB2N(C=C1)B1C=C(c3cccc4c3oc3ccccc34)C=CN1B1C=CC=CN1B1C=C(c3cccc4c3oc3ccccc34)C=CN21.C1=CB2N3C=CC(c4cccc5c4oc4ccccc45)=CB3N3C=CC=CB3N3C=CC(c4cccc5c4oc4ncccc45)=CB3N2C=C1.C1=CB2N3C=CC(c4cccc5c4oc4ccccc45)=CB3N3C=CC=CB3N3C=CC(c4cccc5c4sc4ccccc45)=CB3N2C=C1. The summed E-state index contributed by atoms with van der Waals surface area (Å²) in [5, 5.41) is 13.9. The van der Waals surface area contributed by atoms with Crippen LogP contribution in [-0.4, -0.2) is 145 Å². The molecule has 7 aromatic heterocycles. The van der Waals surface area contributed by atoms with Crippen LogP contribution in [0.15, 0.2) is 526 Å². The molecule has 0 bridgehead atoms. The molecule has 18 nitrogen and oxygen atoms in total. The fraction of sp³-hybridized carbons (Fsp3) is 0. The second kappa shape index (κ2) is 34.8. The Morgan fingerprint density at radius 3 is 0.727 bits per heavy atom. The molecule has 0 N–H and O–H groups in total. The first-order valence-electron chi connectivity index (χ1n) is 51.5. The zero-order valence-corrected chi connectivity index (χ0v) is 81.9. The summed E-state index contributed by atoms with van der Waals surface area (Å²) >= 11 is 1.89. The minimum absolute atomic E-state index is 0.00193. The van der Waals surface area contributed by atoms with E-state index >= 15 is 0 Å². The molecule has 0 aliphatic carbocycles. The molecule has 11 aromatic carbocycles. The second-order valence-corrected chi connectivity index (χ2v) is 40.9. The number of aromatic nitrogens is 1. The van der Waals surface area contributed by atoms with Gasteiger partial charge in [-0.1, -0.05) is 308 Å². The maximum atomic E-state index is 6.49. The molecule has 0 amide bonds. The lowest BCUT2D eigenvalue weighted by Gasteiger charge is -2.53. The third-order valence-electron chi connectivity index (χ3n) is 31.9. The fourth-order valence-corrected chi connectivity index (χ4v) is 26.3. The number of rotatable bonds is 6. The van der Waals surface area contributed by atoms with Gasteiger partial charge < -0.3 is 78.7 Å². The molecule has 15 aliphatic heterocycles. The highest BCUT2D eigenvalue weighted by atomic mass is 32.1. The van der Waals surface area contributed by atoms with Crippen molar-refractivity contribution in [2.75, 3.05) is 0 Å². The van der Waals surface area contributed by atoms with Gasteiger partial charge in [-0.25, -0.2) is 4.98 Å². The first-order valence-corrected chi connectivity index (χ1v) is 52.3. The Hall–Kier alpha value is -18.1. The summed E-state index contributed by atoms with van der Waals surface area (Å²) < 4.78 is 64.6. The Balaban J connectivity index is 0.000000101. The summed E-state index contributed by atoms with van der Waals surface area (Å²) in [6.07, 6.45) is 68.2. The van der Waals surface area contributed by atoms with E-state index in [0.717, 1.165) is 160 Å². The molecule has 150 heavy (non-hydrogen) atoms. The van der Waals surface area contributed by atoms with Gasteiger partial charge in [-0.05, 0) is 229 Å². The fourth-order valence-electron chi connectivity index (χ4n) is 25.0. The summed E-state index contributed by atoms with van der Waals surface area (Å²) in [7, 11) is 0. The van der Waals surface area contributed by atoms with Gasteiger partial charge in [0, 0.05) is 108 Å². The first kappa shape index (κ1) is 86.3. The van der Waals surface area contributed by atoms with Crippen molar-refractivity contribution in [3.05, 3.63) is 538 Å². The lowest BCUT2D eigenvalue weighted by molar-refractivity contribution is 0.622. The number of fused-ring (bicyclic) bond motifs is 42. The molecule has 0 spiro atoms. The van der Waals surface area contributed by atoms with E-state index in [4.69, 9.17) is 22.1 Å². The van der Waals surface area contributed by atoms with Crippen LogP contribution in [0.5, 0.6) is 0 Å². The van der Waals surface area contributed by atoms with E-state index in [1.807, 2.05) is 59.9 Å². The predicted octanol–water partition coefficient (Wildman–Crippen LogP) is 25.4. The Labute approximate surface area is 873 Å². The standard InChI is InChI=1S/C40H28B4N4O2.C40H28B4N4OS.C39H27B4N5O2/c2*1-3-17-37-33(11-1)35-15-9-13-31(39(35)49-37)29-19-25-47-42-22-6-8-24-46(42)44-28-30(20-26-48(44)41-21-5-7-23-45(41)43(47)27-29)32-14-10-16-36-34-12-2-4-18-38(34)50-40(32)36;1-2-16-36-32(10-1)33-13-7-11-30(37(33)49-36)28-17-24-47-41-20-4-6-23-46(41)43-27-29(18-25-48(43)40-19-3-5-22-45(40)42(47)26-28)31-12-8-14-34-35-15-9-21-44-39(35)50-38(31)34/h2*1-28H;1-27H. The maximum Gasteiger partial charge on any atom is 0.381 e. The van der Waals surface area contributed by atoms with E-state index in [1.165, 1.54) is 31.3 Å². The van der Waals surface area contributed by atoms with Crippen LogP contribution >= 0.6 is 11.3 Å². The summed E-state index contributed by atoms with van der Waals surface area (Å²) in [6.45, 7) is -0.465. The van der Waals surface area contributed by atoms with Gasteiger partial charge in [0.25, 0.3) is 0 Å². The molecular formula is C119H83B12N13O5S. The van der Waals surface area contributed by atoms with Crippen molar-refractivity contribution in [1.82, 2.24) is 61.6 Å². The summed E-state index contributed by atoms with van der Waals surface area (Å²) in [5.74, 6) is 28.2. The van der Waals surface area contributed by atoms with Crippen molar-refractivity contribution < 1.29 is 22.1 Å². The smallest absolute Gasteiger partial charge is 0.381 e. The van der Waals surface area contributed by atoms with Gasteiger partial charge in [-0.15, -0.1) is 11.3 Å². The molecule has 22 heterocycles. The van der Waals surface area contributed by atoms with Crippen molar-refractivity contribution in [2.45, 2.75) is 0 Å². The Morgan fingerprint density at radius 1 is 0.187 bits per heavy atom. The topological polar surface area (TPSA) is 117 Å². The van der Waals surface area contributed by atoms with Crippen LogP contribution in [0.3, 0.4) is 0 Å². The molecule has 31 heteroatoms. The molecule has 696 valence electrons. The van der Waals surface area contributed by atoms with E-state index in [2.05, 4.69) is 511 Å². The number of furan rings is 5. The van der Waals surface area contributed by atoms with Crippen molar-refractivity contribution in [3.63, 3.8) is 0 Å². The number of para-hydroxylation sites is 9. The molecule has 0 radical (unpaired) electrons. The Kier molecular flexibility index (Phi) is 20.0. The van der Waals surface area contributed by atoms with Gasteiger partial charge >= 0.3 is 83.8 Å². The van der Waals surface area contributed by atoms with Gasteiger partial charge in [-0.3, -0.25) is 0 Å². The number of thiophene rings is 1. The highest BCUT2D eigenvalue weighted by Crippen LogP contribution is 2.48. The molecule has 0 atom stereocenters. The third kappa shape index (κ3) is 13.8.